The number of thioether (sulfide) groups is 1. The first-order chi connectivity index (χ1) is 10.0. The quantitative estimate of drug-likeness (QED) is 0.807. The first-order valence-corrected chi connectivity index (χ1v) is 8.18. The molecule has 1 aromatic heterocycles. The molecule has 0 radical (unpaired) electrons. The van der Waals surface area contributed by atoms with Gasteiger partial charge in [0.15, 0.2) is 0 Å². The summed E-state index contributed by atoms with van der Waals surface area (Å²) in [4.78, 5) is 29.7. The molecule has 0 bridgehead atoms. The van der Waals surface area contributed by atoms with Gasteiger partial charge in [-0.2, -0.15) is 0 Å². The van der Waals surface area contributed by atoms with Crippen LogP contribution in [-0.4, -0.2) is 44.0 Å². The highest BCUT2D eigenvalue weighted by molar-refractivity contribution is 8.00. The van der Waals surface area contributed by atoms with E-state index >= 15 is 0 Å². The average Bonchev–Trinajstić information content (AvgIpc) is 2.88. The molecule has 21 heavy (non-hydrogen) atoms. The number of rotatable bonds is 3. The van der Waals surface area contributed by atoms with E-state index in [-0.39, 0.29) is 17.0 Å². The van der Waals surface area contributed by atoms with Crippen LogP contribution >= 0.6 is 23.1 Å². The van der Waals surface area contributed by atoms with Gasteiger partial charge >= 0.3 is 5.97 Å². The Balaban J connectivity index is 1.95. The number of nitrogens with zero attached hydrogens (tertiary/aromatic N) is 2. The Morgan fingerprint density at radius 1 is 1.57 bits per heavy atom. The summed E-state index contributed by atoms with van der Waals surface area (Å²) >= 11 is 2.98. The highest BCUT2D eigenvalue weighted by atomic mass is 32.2. The molecule has 0 spiro atoms. The van der Waals surface area contributed by atoms with E-state index in [9.17, 15) is 14.7 Å². The monoisotopic (exact) mass is 323 g/mol. The minimum absolute atomic E-state index is 0.0452. The van der Waals surface area contributed by atoms with Crippen molar-refractivity contribution in [2.24, 2.45) is 5.73 Å². The van der Waals surface area contributed by atoms with Crippen molar-refractivity contribution in [3.63, 3.8) is 0 Å². The summed E-state index contributed by atoms with van der Waals surface area (Å²) in [7, 11) is 0. The van der Waals surface area contributed by atoms with Gasteiger partial charge in [0.1, 0.15) is 17.1 Å². The molecule has 0 unspecified atom stereocenters. The number of carbonyl (C=O) groups is 2. The fraction of sp³-hybridized carbons (Fsp3) is 0.308. The molecule has 2 atom stereocenters. The van der Waals surface area contributed by atoms with E-state index in [2.05, 4.69) is 4.98 Å². The lowest BCUT2D eigenvalue weighted by Crippen LogP contribution is -2.68. The minimum Gasteiger partial charge on any atom is -0.477 e. The van der Waals surface area contributed by atoms with Gasteiger partial charge in [-0.1, -0.05) is 6.08 Å². The van der Waals surface area contributed by atoms with E-state index in [0.717, 1.165) is 10.6 Å². The Morgan fingerprint density at radius 2 is 2.33 bits per heavy atom. The number of carboxylic acid groups (broad SMARTS) is 1. The van der Waals surface area contributed by atoms with Gasteiger partial charge in [-0.3, -0.25) is 9.69 Å². The molecule has 3 N–H and O–H groups in total. The highest BCUT2D eigenvalue weighted by Gasteiger charge is 2.51. The summed E-state index contributed by atoms with van der Waals surface area (Å²) in [5, 5.41) is 9.14. The number of aliphatic carboxylic acids is 1. The Bertz CT molecular complexity index is 680. The molecule has 1 amide bonds. The maximum Gasteiger partial charge on any atom is 0.352 e. The second-order valence-corrected chi connectivity index (χ2v) is 6.74. The zero-order valence-electron chi connectivity index (χ0n) is 11.1. The number of amides is 1. The molecule has 1 fully saturated rings. The fourth-order valence-corrected chi connectivity index (χ4v) is 4.27. The van der Waals surface area contributed by atoms with E-state index in [1.165, 1.54) is 28.0 Å². The predicted molar refractivity (Wildman–Crippen MR) is 81.6 cm³/mol. The summed E-state index contributed by atoms with van der Waals surface area (Å²) in [6.07, 6.45) is 3.60. The molecule has 6 nitrogen and oxygen atoms in total. The van der Waals surface area contributed by atoms with Crippen molar-refractivity contribution in [2.75, 3.05) is 5.75 Å². The first-order valence-electron chi connectivity index (χ1n) is 6.25. The van der Waals surface area contributed by atoms with Gasteiger partial charge in [-0.15, -0.1) is 23.1 Å². The Kier molecular flexibility index (Phi) is 3.60. The second-order valence-electron chi connectivity index (χ2n) is 4.75. The summed E-state index contributed by atoms with van der Waals surface area (Å²) < 4.78 is 0. The van der Waals surface area contributed by atoms with Crippen LogP contribution in [0.2, 0.25) is 0 Å². The van der Waals surface area contributed by atoms with E-state index in [4.69, 9.17) is 5.73 Å². The van der Waals surface area contributed by atoms with Crippen LogP contribution in [-0.2, 0) is 9.59 Å². The van der Waals surface area contributed by atoms with Crippen molar-refractivity contribution in [3.8, 4) is 0 Å². The van der Waals surface area contributed by atoms with E-state index in [1.807, 2.05) is 13.0 Å². The number of carbonyl (C=O) groups excluding carboxylic acids is 1. The van der Waals surface area contributed by atoms with Crippen molar-refractivity contribution < 1.29 is 14.7 Å². The maximum absolute atomic E-state index is 11.8. The van der Waals surface area contributed by atoms with Crippen LogP contribution in [0.25, 0.3) is 6.08 Å². The standard InChI is InChI=1S/C13H13N3O3S2/c1-6-8(21-5-15-6)3-2-7-4-20-12-9(14)11(17)16(12)10(7)13(18)19/h2-3,5,9,12H,4,14H2,1H3,(H,18,19)/b3-2+/t9-,12-/m1/s1. The molecule has 0 aromatic carbocycles. The number of hydrogen-bond donors (Lipinski definition) is 2. The molecule has 110 valence electrons. The van der Waals surface area contributed by atoms with Gasteiger partial charge in [0, 0.05) is 10.6 Å². The van der Waals surface area contributed by atoms with Crippen molar-refractivity contribution in [2.45, 2.75) is 18.3 Å². The third-order valence-electron chi connectivity index (χ3n) is 3.46. The van der Waals surface area contributed by atoms with Crippen LogP contribution in [0.5, 0.6) is 0 Å². The number of nitrogens with two attached hydrogens (primary N) is 1. The van der Waals surface area contributed by atoms with Crippen LogP contribution in [0.4, 0.5) is 0 Å². The third-order valence-corrected chi connectivity index (χ3v) is 5.68. The second kappa shape index (κ2) is 5.28. The van der Waals surface area contributed by atoms with Crippen LogP contribution < -0.4 is 5.73 Å². The lowest BCUT2D eigenvalue weighted by Gasteiger charge is -2.47. The van der Waals surface area contributed by atoms with Crippen molar-refractivity contribution >= 4 is 41.1 Å². The van der Waals surface area contributed by atoms with Crippen molar-refractivity contribution in [1.29, 1.82) is 0 Å². The molecular weight excluding hydrogens is 310 g/mol. The van der Waals surface area contributed by atoms with Crippen LogP contribution in [0.15, 0.2) is 22.9 Å². The molecule has 0 aliphatic carbocycles. The normalized spacial score (nSPS) is 25.2. The molecule has 8 heteroatoms. The molecule has 3 rings (SSSR count). The van der Waals surface area contributed by atoms with E-state index in [1.54, 1.807) is 11.6 Å². The lowest BCUT2D eigenvalue weighted by atomic mass is 10.0. The maximum atomic E-state index is 11.8. The summed E-state index contributed by atoms with van der Waals surface area (Å²) in [5.41, 5.74) is 9.01. The molecular formula is C13H13N3O3S2. The molecule has 3 heterocycles. The number of allylic oxidation sites excluding steroid dienone is 1. The van der Waals surface area contributed by atoms with Gasteiger partial charge in [-0.25, -0.2) is 9.78 Å². The number of fused-ring (bicyclic) bond motifs is 1. The van der Waals surface area contributed by atoms with Crippen molar-refractivity contribution in [3.05, 3.63) is 33.4 Å². The average molecular weight is 323 g/mol. The van der Waals surface area contributed by atoms with Crippen molar-refractivity contribution in [1.82, 2.24) is 9.88 Å². The SMILES string of the molecule is Cc1ncsc1/C=C/C1=C(C(=O)O)N2C(=O)[C@@H](N)[C@H]2SC1. The smallest absolute Gasteiger partial charge is 0.352 e. The van der Waals surface area contributed by atoms with Gasteiger partial charge in [0.2, 0.25) is 5.91 Å². The highest BCUT2D eigenvalue weighted by Crippen LogP contribution is 2.39. The molecule has 1 saturated heterocycles. The molecule has 2 aliphatic heterocycles. The Morgan fingerprint density at radius 3 is 2.95 bits per heavy atom. The Hall–Kier alpha value is -1.64. The topological polar surface area (TPSA) is 96.5 Å². The predicted octanol–water partition coefficient (Wildman–Crippen LogP) is 1.05. The summed E-state index contributed by atoms with van der Waals surface area (Å²) in [6.45, 7) is 1.90. The number of thiazole rings is 1. The lowest BCUT2D eigenvalue weighted by molar-refractivity contribution is -0.147. The summed E-state index contributed by atoms with van der Waals surface area (Å²) in [5.74, 6) is -0.899. The number of carboxylic acids is 1. The number of hydrogen-bond acceptors (Lipinski definition) is 6. The van der Waals surface area contributed by atoms with Gasteiger partial charge < -0.3 is 10.8 Å². The van der Waals surface area contributed by atoms with Crippen LogP contribution in [0.1, 0.15) is 10.6 Å². The number of β-lactam (4-membered cyclic amide) rings is 1. The zero-order chi connectivity index (χ0) is 15.1. The van der Waals surface area contributed by atoms with E-state index in [0.29, 0.717) is 11.3 Å². The zero-order valence-corrected chi connectivity index (χ0v) is 12.8. The fourth-order valence-electron chi connectivity index (χ4n) is 2.32. The minimum atomic E-state index is -1.10. The van der Waals surface area contributed by atoms with Gasteiger partial charge in [0.05, 0.1) is 11.2 Å². The molecule has 0 saturated carbocycles. The molecule has 1 aromatic rings. The molecule has 2 aliphatic rings. The van der Waals surface area contributed by atoms with Crippen LogP contribution in [0, 0.1) is 6.92 Å². The Labute approximate surface area is 129 Å². The largest absolute Gasteiger partial charge is 0.477 e. The van der Waals surface area contributed by atoms with E-state index < -0.39 is 12.0 Å². The van der Waals surface area contributed by atoms with Gasteiger partial charge in [0.25, 0.3) is 0 Å². The first kappa shape index (κ1) is 14.3. The third kappa shape index (κ3) is 2.29. The number of aromatic nitrogens is 1. The van der Waals surface area contributed by atoms with Crippen LogP contribution in [0.3, 0.4) is 0 Å². The summed E-state index contributed by atoms with van der Waals surface area (Å²) in [6, 6.07) is -0.598. The van der Waals surface area contributed by atoms with Gasteiger partial charge in [-0.05, 0) is 18.6 Å². The number of aryl methyl sites for hydroxylation is 1.